The first-order chi connectivity index (χ1) is 6.66. The summed E-state index contributed by atoms with van der Waals surface area (Å²) in [5.74, 6) is -0.218. The largest absolute Gasteiger partial charge is 0.707 e. The van der Waals surface area contributed by atoms with Gasteiger partial charge in [0.25, 0.3) is 0 Å². The minimum Gasteiger partial charge on any atom is -0.510 e. The van der Waals surface area contributed by atoms with Crippen molar-refractivity contribution in [3.8, 4) is 5.75 Å². The molecule has 0 aromatic heterocycles. The Hall–Kier alpha value is -1.07. The van der Waals surface area contributed by atoms with Crippen LogP contribution in [0, 0.1) is 5.82 Å². The average Bonchev–Trinajstić information content (AvgIpc) is 2.90. The predicted octanol–water partition coefficient (Wildman–Crippen LogP) is 1.05. The minimum absolute atomic E-state index is 0.135. The fourth-order valence-electron chi connectivity index (χ4n) is 1.40. The van der Waals surface area contributed by atoms with Crippen LogP contribution in [-0.4, -0.2) is 17.4 Å². The summed E-state index contributed by atoms with van der Waals surface area (Å²) in [6, 6.07) is 4.55. The molecule has 1 aliphatic carbocycles. The number of halogens is 1. The summed E-state index contributed by atoms with van der Waals surface area (Å²) in [4.78, 5) is 0. The van der Waals surface area contributed by atoms with Gasteiger partial charge in [-0.15, -0.1) is 0 Å². The molecule has 1 fully saturated rings. The Morgan fingerprint density at radius 2 is 2.07 bits per heavy atom. The number of hydrogen-bond donors (Lipinski definition) is 2. The Kier molecular flexibility index (Phi) is 2.43. The van der Waals surface area contributed by atoms with Crippen LogP contribution >= 0.6 is 0 Å². The lowest BCUT2D eigenvalue weighted by molar-refractivity contribution is 0.281. The van der Waals surface area contributed by atoms with Gasteiger partial charge in [-0.25, -0.2) is 4.39 Å². The molecule has 2 N–H and O–H groups in total. The zero-order valence-corrected chi connectivity index (χ0v) is 7.48. The van der Waals surface area contributed by atoms with Crippen LogP contribution in [0.3, 0.4) is 0 Å². The first-order valence-corrected chi connectivity index (χ1v) is 4.49. The molecule has 1 aromatic rings. The van der Waals surface area contributed by atoms with Crippen molar-refractivity contribution in [3.63, 3.8) is 0 Å². The summed E-state index contributed by atoms with van der Waals surface area (Å²) >= 11 is 0. The van der Waals surface area contributed by atoms with Crippen LogP contribution in [0.1, 0.15) is 24.3 Å². The van der Waals surface area contributed by atoms with Crippen LogP contribution in [0.4, 0.5) is 4.39 Å². The van der Waals surface area contributed by atoms with E-state index in [-0.39, 0.29) is 5.75 Å². The molecule has 0 amide bonds. The molecule has 0 atom stereocenters. The van der Waals surface area contributed by atoms with Gasteiger partial charge in [-0.05, 0) is 36.5 Å². The molecule has 14 heavy (non-hydrogen) atoms. The zero-order valence-electron chi connectivity index (χ0n) is 7.48. The van der Waals surface area contributed by atoms with Gasteiger partial charge >= 0.3 is 7.32 Å². The third kappa shape index (κ3) is 2.05. The fraction of sp³-hybridized carbons (Fsp3) is 0.333. The molecular formula is C9H10BFO3. The van der Waals surface area contributed by atoms with Crippen LogP contribution in [0.2, 0.25) is 0 Å². The predicted molar refractivity (Wildman–Crippen MR) is 49.2 cm³/mol. The van der Waals surface area contributed by atoms with Crippen molar-refractivity contribution in [3.05, 3.63) is 29.6 Å². The molecule has 1 aliphatic rings. The second-order valence-electron chi connectivity index (χ2n) is 3.41. The Morgan fingerprint density at radius 3 is 2.57 bits per heavy atom. The highest BCUT2D eigenvalue weighted by Gasteiger charge is 2.24. The Bertz CT molecular complexity index is 339. The average molecular weight is 196 g/mol. The van der Waals surface area contributed by atoms with Crippen molar-refractivity contribution >= 4 is 7.32 Å². The maximum absolute atomic E-state index is 13.3. The van der Waals surface area contributed by atoms with Crippen molar-refractivity contribution in [2.24, 2.45) is 0 Å². The first kappa shape index (κ1) is 9.49. The lowest BCUT2D eigenvalue weighted by Gasteiger charge is -2.06. The summed E-state index contributed by atoms with van der Waals surface area (Å²) in [6.07, 6.45) is 2.20. The summed E-state index contributed by atoms with van der Waals surface area (Å²) < 4.78 is 17.7. The van der Waals surface area contributed by atoms with E-state index in [4.69, 9.17) is 10.0 Å². The standard InChI is InChI=1S/C9H10BFO3/c11-8-5-7(6-1-2-6)3-4-9(8)14-10(12)13/h3-6,12-13H,1-2H2. The van der Waals surface area contributed by atoms with E-state index in [0.717, 1.165) is 18.4 Å². The molecule has 0 unspecified atom stereocenters. The van der Waals surface area contributed by atoms with Gasteiger partial charge in [-0.2, -0.15) is 0 Å². The van der Waals surface area contributed by atoms with Gasteiger partial charge in [0, 0.05) is 0 Å². The molecule has 5 heteroatoms. The van der Waals surface area contributed by atoms with E-state index in [1.54, 1.807) is 6.07 Å². The molecule has 2 rings (SSSR count). The van der Waals surface area contributed by atoms with Crippen LogP contribution in [-0.2, 0) is 0 Å². The lowest BCUT2D eigenvalue weighted by atomic mass is 10.1. The Morgan fingerprint density at radius 1 is 1.36 bits per heavy atom. The van der Waals surface area contributed by atoms with E-state index in [9.17, 15) is 4.39 Å². The molecule has 74 valence electrons. The topological polar surface area (TPSA) is 49.7 Å². The summed E-state index contributed by atoms with van der Waals surface area (Å²) in [5.41, 5.74) is 0.947. The molecule has 0 radical (unpaired) electrons. The summed E-state index contributed by atoms with van der Waals surface area (Å²) in [5, 5.41) is 17.0. The Labute approximate surface area is 81.3 Å². The zero-order chi connectivity index (χ0) is 10.1. The Balaban J connectivity index is 2.17. The van der Waals surface area contributed by atoms with Gasteiger partial charge in [-0.1, -0.05) is 6.07 Å². The second-order valence-corrected chi connectivity index (χ2v) is 3.41. The quantitative estimate of drug-likeness (QED) is 0.710. The van der Waals surface area contributed by atoms with Gasteiger partial charge in [0.05, 0.1) is 0 Å². The third-order valence-corrected chi connectivity index (χ3v) is 2.24. The van der Waals surface area contributed by atoms with E-state index >= 15 is 0 Å². The third-order valence-electron chi connectivity index (χ3n) is 2.24. The molecular weight excluding hydrogens is 186 g/mol. The molecule has 0 heterocycles. The van der Waals surface area contributed by atoms with Gasteiger partial charge in [0.2, 0.25) is 0 Å². The van der Waals surface area contributed by atoms with Crippen molar-refractivity contribution in [1.82, 2.24) is 0 Å². The second kappa shape index (κ2) is 3.59. The molecule has 3 nitrogen and oxygen atoms in total. The van der Waals surface area contributed by atoms with Crippen LogP contribution in [0.25, 0.3) is 0 Å². The maximum atomic E-state index is 13.3. The first-order valence-electron chi connectivity index (χ1n) is 4.49. The van der Waals surface area contributed by atoms with Crippen molar-refractivity contribution in [2.45, 2.75) is 18.8 Å². The van der Waals surface area contributed by atoms with Gasteiger partial charge in [-0.3, -0.25) is 0 Å². The van der Waals surface area contributed by atoms with Gasteiger partial charge < -0.3 is 14.7 Å². The maximum Gasteiger partial charge on any atom is 0.707 e. The molecule has 0 bridgehead atoms. The number of benzene rings is 1. The van der Waals surface area contributed by atoms with E-state index in [1.807, 2.05) is 0 Å². The van der Waals surface area contributed by atoms with Crippen molar-refractivity contribution in [2.75, 3.05) is 0 Å². The molecule has 0 spiro atoms. The normalized spacial score (nSPS) is 15.4. The summed E-state index contributed by atoms with van der Waals surface area (Å²) in [7, 11) is -1.98. The summed E-state index contributed by atoms with van der Waals surface area (Å²) in [6.45, 7) is 0. The van der Waals surface area contributed by atoms with Gasteiger partial charge in [0.1, 0.15) is 5.75 Å². The molecule has 0 aliphatic heterocycles. The van der Waals surface area contributed by atoms with Crippen LogP contribution in [0.5, 0.6) is 5.75 Å². The van der Waals surface area contributed by atoms with E-state index in [2.05, 4.69) is 4.65 Å². The van der Waals surface area contributed by atoms with E-state index < -0.39 is 13.1 Å². The van der Waals surface area contributed by atoms with Crippen molar-refractivity contribution < 1.29 is 19.1 Å². The monoisotopic (exact) mass is 196 g/mol. The van der Waals surface area contributed by atoms with E-state index in [0.29, 0.717) is 5.92 Å². The van der Waals surface area contributed by atoms with E-state index in [1.165, 1.54) is 12.1 Å². The molecule has 1 aromatic carbocycles. The number of hydrogen-bond acceptors (Lipinski definition) is 3. The molecule has 1 saturated carbocycles. The van der Waals surface area contributed by atoms with Crippen LogP contribution in [0.15, 0.2) is 18.2 Å². The SMILES string of the molecule is OB(O)Oc1ccc(C2CC2)cc1F. The fourth-order valence-corrected chi connectivity index (χ4v) is 1.40. The highest BCUT2D eigenvalue weighted by molar-refractivity contribution is 6.33. The van der Waals surface area contributed by atoms with Crippen molar-refractivity contribution in [1.29, 1.82) is 0 Å². The highest BCUT2D eigenvalue weighted by Crippen LogP contribution is 2.40. The number of rotatable bonds is 3. The van der Waals surface area contributed by atoms with Crippen LogP contribution < -0.4 is 4.65 Å². The molecule has 0 saturated heterocycles. The smallest absolute Gasteiger partial charge is 0.510 e. The highest BCUT2D eigenvalue weighted by atomic mass is 19.1. The van der Waals surface area contributed by atoms with Gasteiger partial charge in [0.15, 0.2) is 5.82 Å². The lowest BCUT2D eigenvalue weighted by Crippen LogP contribution is -2.21. The minimum atomic E-state index is -1.98.